The first-order valence-corrected chi connectivity index (χ1v) is 6.99. The summed E-state index contributed by atoms with van der Waals surface area (Å²) in [5.74, 6) is 0. The zero-order chi connectivity index (χ0) is 13.1. The maximum atomic E-state index is 6.23. The van der Waals surface area contributed by atoms with Gasteiger partial charge in [0.05, 0.1) is 0 Å². The van der Waals surface area contributed by atoms with Crippen molar-refractivity contribution in [3.05, 3.63) is 68.7 Å². The summed E-state index contributed by atoms with van der Waals surface area (Å²) in [7, 11) is 0. The van der Waals surface area contributed by atoms with Gasteiger partial charge in [0.1, 0.15) is 0 Å². The molecule has 0 bridgehead atoms. The van der Waals surface area contributed by atoms with Crippen LogP contribution in [0.2, 0.25) is 5.02 Å². The first kappa shape index (κ1) is 13.6. The van der Waals surface area contributed by atoms with E-state index in [9.17, 15) is 0 Å². The van der Waals surface area contributed by atoms with E-state index in [1.807, 2.05) is 31.2 Å². The van der Waals surface area contributed by atoms with Crippen LogP contribution in [0.25, 0.3) is 0 Å². The molecule has 3 heteroatoms. The molecule has 0 amide bonds. The van der Waals surface area contributed by atoms with Crippen molar-refractivity contribution in [3.8, 4) is 0 Å². The Morgan fingerprint density at radius 2 is 1.83 bits per heavy atom. The van der Waals surface area contributed by atoms with Crippen LogP contribution in [-0.4, -0.2) is 0 Å². The van der Waals surface area contributed by atoms with E-state index < -0.39 is 0 Å². The molecule has 0 saturated carbocycles. The van der Waals surface area contributed by atoms with E-state index in [2.05, 4.69) is 34.1 Å². The van der Waals surface area contributed by atoms with Gasteiger partial charge in [-0.2, -0.15) is 0 Å². The lowest BCUT2D eigenvalue weighted by Crippen LogP contribution is -2.13. The summed E-state index contributed by atoms with van der Waals surface area (Å²) in [6.07, 6.45) is 0.828. The molecule has 1 atom stereocenters. The monoisotopic (exact) mass is 323 g/mol. The van der Waals surface area contributed by atoms with Gasteiger partial charge in [-0.25, -0.2) is 0 Å². The molecule has 0 aromatic heterocycles. The van der Waals surface area contributed by atoms with Gasteiger partial charge in [-0.05, 0) is 48.2 Å². The SMILES string of the molecule is Cc1cc(C(N)Cc2ccc(Br)cc2)ccc1Cl. The van der Waals surface area contributed by atoms with Crippen molar-refractivity contribution in [3.63, 3.8) is 0 Å². The molecule has 0 fully saturated rings. The van der Waals surface area contributed by atoms with Gasteiger partial charge < -0.3 is 5.73 Å². The highest BCUT2D eigenvalue weighted by Gasteiger charge is 2.08. The van der Waals surface area contributed by atoms with Crippen LogP contribution >= 0.6 is 27.5 Å². The molecule has 2 aromatic carbocycles. The van der Waals surface area contributed by atoms with Crippen LogP contribution in [0.5, 0.6) is 0 Å². The lowest BCUT2D eigenvalue weighted by molar-refractivity contribution is 0.721. The van der Waals surface area contributed by atoms with Gasteiger partial charge in [0.15, 0.2) is 0 Å². The summed E-state index contributed by atoms with van der Waals surface area (Å²) in [6.45, 7) is 2.00. The molecule has 2 N–H and O–H groups in total. The molecular formula is C15H15BrClN. The summed E-state index contributed by atoms with van der Waals surface area (Å²) in [5.41, 5.74) is 9.66. The Bertz CT molecular complexity index is 537. The Morgan fingerprint density at radius 3 is 2.44 bits per heavy atom. The molecule has 94 valence electrons. The molecule has 1 unspecified atom stereocenters. The van der Waals surface area contributed by atoms with Crippen molar-refractivity contribution in [2.24, 2.45) is 5.73 Å². The van der Waals surface area contributed by atoms with Crippen LogP contribution in [-0.2, 0) is 6.42 Å². The summed E-state index contributed by atoms with van der Waals surface area (Å²) in [4.78, 5) is 0. The van der Waals surface area contributed by atoms with Crippen molar-refractivity contribution < 1.29 is 0 Å². The maximum absolute atomic E-state index is 6.23. The second-order valence-corrected chi connectivity index (χ2v) is 5.77. The molecule has 2 rings (SSSR count). The lowest BCUT2D eigenvalue weighted by Gasteiger charge is -2.13. The van der Waals surface area contributed by atoms with Gasteiger partial charge in [-0.1, -0.05) is 51.8 Å². The highest BCUT2D eigenvalue weighted by atomic mass is 79.9. The molecule has 0 aliphatic heterocycles. The van der Waals surface area contributed by atoms with Gasteiger partial charge in [0.2, 0.25) is 0 Å². The van der Waals surface area contributed by atoms with Gasteiger partial charge >= 0.3 is 0 Å². The third kappa shape index (κ3) is 3.35. The molecule has 0 radical (unpaired) electrons. The van der Waals surface area contributed by atoms with Crippen molar-refractivity contribution in [1.82, 2.24) is 0 Å². The van der Waals surface area contributed by atoms with Gasteiger partial charge in [0, 0.05) is 15.5 Å². The lowest BCUT2D eigenvalue weighted by atomic mass is 9.98. The molecule has 0 spiro atoms. The van der Waals surface area contributed by atoms with Crippen LogP contribution < -0.4 is 5.73 Å². The summed E-state index contributed by atoms with van der Waals surface area (Å²) in [6, 6.07) is 14.2. The van der Waals surface area contributed by atoms with Crippen LogP contribution in [0.4, 0.5) is 0 Å². The van der Waals surface area contributed by atoms with E-state index in [-0.39, 0.29) is 6.04 Å². The fraction of sp³-hybridized carbons (Fsp3) is 0.200. The van der Waals surface area contributed by atoms with E-state index in [1.165, 1.54) is 5.56 Å². The Hall–Kier alpha value is -0.830. The Labute approximate surface area is 121 Å². The third-order valence-electron chi connectivity index (χ3n) is 2.98. The largest absolute Gasteiger partial charge is 0.324 e. The minimum atomic E-state index is 0.00198. The number of nitrogens with two attached hydrogens (primary N) is 1. The number of hydrogen-bond donors (Lipinski definition) is 1. The predicted molar refractivity (Wildman–Crippen MR) is 81.0 cm³/mol. The summed E-state index contributed by atoms with van der Waals surface area (Å²) >= 11 is 9.45. The topological polar surface area (TPSA) is 26.0 Å². The van der Waals surface area contributed by atoms with E-state index in [1.54, 1.807) is 0 Å². The third-order valence-corrected chi connectivity index (χ3v) is 3.93. The Balaban J connectivity index is 2.13. The zero-order valence-electron chi connectivity index (χ0n) is 10.2. The van der Waals surface area contributed by atoms with E-state index >= 15 is 0 Å². The fourth-order valence-electron chi connectivity index (χ4n) is 1.89. The second-order valence-electron chi connectivity index (χ2n) is 4.45. The average Bonchev–Trinajstić information content (AvgIpc) is 2.35. The first-order valence-electron chi connectivity index (χ1n) is 5.82. The highest BCUT2D eigenvalue weighted by Crippen LogP contribution is 2.22. The minimum absolute atomic E-state index is 0.00198. The fourth-order valence-corrected chi connectivity index (χ4v) is 2.27. The average molecular weight is 325 g/mol. The Morgan fingerprint density at radius 1 is 1.17 bits per heavy atom. The Kier molecular flexibility index (Phi) is 4.44. The minimum Gasteiger partial charge on any atom is -0.324 e. The van der Waals surface area contributed by atoms with Crippen LogP contribution in [0, 0.1) is 6.92 Å². The molecule has 1 nitrogen and oxygen atoms in total. The first-order chi connectivity index (χ1) is 8.56. The highest BCUT2D eigenvalue weighted by molar-refractivity contribution is 9.10. The van der Waals surface area contributed by atoms with E-state index in [0.717, 1.165) is 27.0 Å². The maximum Gasteiger partial charge on any atom is 0.0435 e. The second kappa shape index (κ2) is 5.87. The molecule has 0 saturated heterocycles. The molecule has 0 aliphatic carbocycles. The van der Waals surface area contributed by atoms with E-state index in [4.69, 9.17) is 17.3 Å². The standard InChI is InChI=1S/C15H15BrClN/c1-10-8-12(4-7-14(10)17)15(18)9-11-2-5-13(16)6-3-11/h2-8,15H,9,18H2,1H3. The number of hydrogen-bond acceptors (Lipinski definition) is 1. The molecule has 18 heavy (non-hydrogen) atoms. The number of aryl methyl sites for hydroxylation is 1. The van der Waals surface area contributed by atoms with Gasteiger partial charge in [-0.15, -0.1) is 0 Å². The van der Waals surface area contributed by atoms with E-state index in [0.29, 0.717) is 0 Å². The summed E-state index contributed by atoms with van der Waals surface area (Å²) in [5, 5.41) is 0.787. The van der Waals surface area contributed by atoms with Crippen LogP contribution in [0.3, 0.4) is 0 Å². The number of benzene rings is 2. The predicted octanol–water partition coefficient (Wildman–Crippen LogP) is 4.65. The van der Waals surface area contributed by atoms with Crippen molar-refractivity contribution in [1.29, 1.82) is 0 Å². The van der Waals surface area contributed by atoms with Crippen molar-refractivity contribution >= 4 is 27.5 Å². The van der Waals surface area contributed by atoms with Crippen molar-refractivity contribution in [2.75, 3.05) is 0 Å². The zero-order valence-corrected chi connectivity index (χ0v) is 12.5. The van der Waals surface area contributed by atoms with Crippen LogP contribution in [0.15, 0.2) is 46.9 Å². The van der Waals surface area contributed by atoms with Crippen LogP contribution in [0.1, 0.15) is 22.7 Å². The van der Waals surface area contributed by atoms with Gasteiger partial charge in [-0.3, -0.25) is 0 Å². The molecular weight excluding hydrogens is 310 g/mol. The quantitative estimate of drug-likeness (QED) is 0.873. The summed E-state index contributed by atoms with van der Waals surface area (Å²) < 4.78 is 1.09. The van der Waals surface area contributed by atoms with Crippen molar-refractivity contribution in [2.45, 2.75) is 19.4 Å². The normalized spacial score (nSPS) is 12.4. The number of rotatable bonds is 3. The molecule has 0 aliphatic rings. The number of halogens is 2. The van der Waals surface area contributed by atoms with Gasteiger partial charge in [0.25, 0.3) is 0 Å². The molecule has 0 heterocycles. The molecule has 2 aromatic rings. The smallest absolute Gasteiger partial charge is 0.0435 e.